The molecule has 0 saturated carbocycles. The van der Waals surface area contributed by atoms with E-state index in [0.717, 1.165) is 5.56 Å². The number of pyridine rings is 1. The lowest BCUT2D eigenvalue weighted by atomic mass is 10.2. The Hall–Kier alpha value is -2.17. The summed E-state index contributed by atoms with van der Waals surface area (Å²) >= 11 is 0. The topological polar surface area (TPSA) is 73.8 Å². The molecule has 16 heavy (non-hydrogen) atoms. The quantitative estimate of drug-likeness (QED) is 0.809. The molecule has 0 saturated heterocycles. The fourth-order valence-corrected chi connectivity index (χ4v) is 1.44. The Morgan fingerprint density at radius 3 is 2.69 bits per heavy atom. The highest BCUT2D eigenvalue weighted by Crippen LogP contribution is 2.15. The molecule has 0 spiro atoms. The minimum atomic E-state index is -0.250. The van der Waals surface area contributed by atoms with Crippen molar-refractivity contribution in [1.82, 2.24) is 14.8 Å². The van der Waals surface area contributed by atoms with Crippen molar-refractivity contribution in [2.24, 2.45) is 0 Å². The molecule has 0 atom stereocenters. The first kappa shape index (κ1) is 10.4. The Bertz CT molecular complexity index is 548. The third-order valence-corrected chi connectivity index (χ3v) is 2.28. The molecule has 0 radical (unpaired) electrons. The molecule has 82 valence electrons. The zero-order valence-electron chi connectivity index (χ0n) is 8.92. The zero-order chi connectivity index (χ0) is 11.5. The maximum Gasteiger partial charge on any atom is 0.289 e. The van der Waals surface area contributed by atoms with Gasteiger partial charge >= 0.3 is 0 Å². The van der Waals surface area contributed by atoms with Crippen LogP contribution >= 0.6 is 0 Å². The first-order chi connectivity index (χ1) is 7.72. The van der Waals surface area contributed by atoms with Crippen molar-refractivity contribution in [1.29, 1.82) is 0 Å². The summed E-state index contributed by atoms with van der Waals surface area (Å²) in [5, 5.41) is 4.22. The van der Waals surface area contributed by atoms with E-state index in [1.807, 2.05) is 19.1 Å². The van der Waals surface area contributed by atoms with Gasteiger partial charge in [0.15, 0.2) is 0 Å². The molecule has 2 aromatic heterocycles. The minimum absolute atomic E-state index is 0.212. The minimum Gasteiger partial charge on any atom is -0.394 e. The van der Waals surface area contributed by atoms with Crippen LogP contribution < -0.4 is 11.3 Å². The first-order valence-electron chi connectivity index (χ1n) is 5.00. The first-order valence-corrected chi connectivity index (χ1v) is 5.00. The van der Waals surface area contributed by atoms with E-state index in [2.05, 4.69) is 10.1 Å². The monoisotopic (exact) mass is 216 g/mol. The number of aryl methyl sites for hydroxylation is 1. The van der Waals surface area contributed by atoms with E-state index in [4.69, 9.17) is 5.73 Å². The van der Waals surface area contributed by atoms with Crippen LogP contribution in [0.25, 0.3) is 11.3 Å². The fourth-order valence-electron chi connectivity index (χ4n) is 1.44. The number of hydrogen-bond donors (Lipinski definition) is 1. The second-order valence-corrected chi connectivity index (χ2v) is 3.34. The van der Waals surface area contributed by atoms with Gasteiger partial charge in [0.25, 0.3) is 5.56 Å². The van der Waals surface area contributed by atoms with Crippen LogP contribution in [-0.4, -0.2) is 14.8 Å². The lowest BCUT2D eigenvalue weighted by molar-refractivity contribution is 0.621. The number of nitrogen functional groups attached to an aromatic ring is 1. The van der Waals surface area contributed by atoms with E-state index in [1.54, 1.807) is 18.5 Å². The summed E-state index contributed by atoms with van der Waals surface area (Å²) in [5.74, 6) is 0. The number of anilines is 1. The molecule has 0 aromatic carbocycles. The molecule has 2 N–H and O–H groups in total. The highest BCUT2D eigenvalue weighted by atomic mass is 16.1. The van der Waals surface area contributed by atoms with Gasteiger partial charge in [-0.15, -0.1) is 0 Å². The normalized spacial score (nSPS) is 10.3. The van der Waals surface area contributed by atoms with Gasteiger partial charge in [-0.2, -0.15) is 5.10 Å². The molecule has 0 fully saturated rings. The van der Waals surface area contributed by atoms with E-state index in [1.165, 1.54) is 4.68 Å². The second kappa shape index (κ2) is 4.14. The van der Waals surface area contributed by atoms with Gasteiger partial charge < -0.3 is 5.73 Å². The molecular formula is C11H12N4O. The van der Waals surface area contributed by atoms with Gasteiger partial charge in [-0.3, -0.25) is 9.78 Å². The highest BCUT2D eigenvalue weighted by Gasteiger charge is 2.05. The van der Waals surface area contributed by atoms with E-state index >= 15 is 0 Å². The number of rotatable bonds is 2. The van der Waals surface area contributed by atoms with Gasteiger partial charge in [-0.25, -0.2) is 4.68 Å². The molecule has 0 aliphatic rings. The standard InChI is InChI=1S/C11H12N4O/c1-2-15-11(16)9(12)7-10(14-15)8-3-5-13-6-4-8/h3-7H,2,12H2,1H3. The van der Waals surface area contributed by atoms with Crippen molar-refractivity contribution in [2.45, 2.75) is 13.5 Å². The van der Waals surface area contributed by atoms with Crippen molar-refractivity contribution < 1.29 is 0 Å². The van der Waals surface area contributed by atoms with Gasteiger partial charge in [-0.05, 0) is 25.1 Å². The van der Waals surface area contributed by atoms with Crippen LogP contribution in [0.1, 0.15) is 6.92 Å². The van der Waals surface area contributed by atoms with Crippen LogP contribution in [0.3, 0.4) is 0 Å². The molecule has 0 aliphatic carbocycles. The van der Waals surface area contributed by atoms with E-state index in [-0.39, 0.29) is 11.2 Å². The molecule has 0 unspecified atom stereocenters. The summed E-state index contributed by atoms with van der Waals surface area (Å²) < 4.78 is 1.35. The Morgan fingerprint density at radius 2 is 2.06 bits per heavy atom. The van der Waals surface area contributed by atoms with Crippen molar-refractivity contribution in [3.63, 3.8) is 0 Å². The largest absolute Gasteiger partial charge is 0.394 e. The van der Waals surface area contributed by atoms with Crippen LogP contribution in [-0.2, 0) is 6.54 Å². The molecule has 0 aliphatic heterocycles. The molecule has 2 aromatic rings. The van der Waals surface area contributed by atoms with Crippen LogP contribution in [0.5, 0.6) is 0 Å². The van der Waals surface area contributed by atoms with Gasteiger partial charge in [0, 0.05) is 24.5 Å². The number of nitrogens with zero attached hydrogens (tertiary/aromatic N) is 3. The summed E-state index contributed by atoms with van der Waals surface area (Å²) in [4.78, 5) is 15.5. The van der Waals surface area contributed by atoms with E-state index < -0.39 is 0 Å². The maximum absolute atomic E-state index is 11.5. The number of nitrogens with two attached hydrogens (primary N) is 1. The molecule has 0 amide bonds. The summed E-state index contributed by atoms with van der Waals surface area (Å²) in [6.07, 6.45) is 3.35. The van der Waals surface area contributed by atoms with E-state index in [0.29, 0.717) is 12.2 Å². The van der Waals surface area contributed by atoms with Gasteiger partial charge in [0.2, 0.25) is 0 Å². The number of aromatic nitrogens is 3. The van der Waals surface area contributed by atoms with Crippen molar-refractivity contribution in [2.75, 3.05) is 5.73 Å². The van der Waals surface area contributed by atoms with Crippen LogP contribution in [0.2, 0.25) is 0 Å². The molecular weight excluding hydrogens is 204 g/mol. The van der Waals surface area contributed by atoms with Crippen molar-refractivity contribution >= 4 is 5.69 Å². The fraction of sp³-hybridized carbons (Fsp3) is 0.182. The Morgan fingerprint density at radius 1 is 1.38 bits per heavy atom. The Balaban J connectivity index is 2.60. The summed E-state index contributed by atoms with van der Waals surface area (Å²) in [6, 6.07) is 5.24. The van der Waals surface area contributed by atoms with Gasteiger partial charge in [-0.1, -0.05) is 0 Å². The molecule has 0 bridgehead atoms. The average molecular weight is 216 g/mol. The molecule has 2 rings (SSSR count). The maximum atomic E-state index is 11.5. The Kier molecular flexibility index (Phi) is 2.68. The highest BCUT2D eigenvalue weighted by molar-refractivity contribution is 5.61. The van der Waals surface area contributed by atoms with Crippen molar-refractivity contribution in [3.8, 4) is 11.3 Å². The average Bonchev–Trinajstić information content (AvgIpc) is 2.33. The third-order valence-electron chi connectivity index (χ3n) is 2.28. The zero-order valence-corrected chi connectivity index (χ0v) is 8.92. The lowest BCUT2D eigenvalue weighted by Gasteiger charge is -2.06. The predicted molar refractivity (Wildman–Crippen MR) is 61.8 cm³/mol. The smallest absolute Gasteiger partial charge is 0.289 e. The van der Waals surface area contributed by atoms with Crippen LogP contribution in [0.15, 0.2) is 35.4 Å². The molecule has 2 heterocycles. The van der Waals surface area contributed by atoms with Crippen molar-refractivity contribution in [3.05, 3.63) is 40.9 Å². The predicted octanol–water partition coefficient (Wildman–Crippen LogP) is 0.907. The lowest BCUT2D eigenvalue weighted by Crippen LogP contribution is -2.24. The summed E-state index contributed by atoms with van der Waals surface area (Å²) in [6.45, 7) is 2.35. The molecule has 5 nitrogen and oxygen atoms in total. The van der Waals surface area contributed by atoms with Crippen LogP contribution in [0.4, 0.5) is 5.69 Å². The third kappa shape index (κ3) is 1.79. The summed E-state index contributed by atoms with van der Waals surface area (Å²) in [7, 11) is 0. The summed E-state index contributed by atoms with van der Waals surface area (Å²) in [5.41, 5.74) is 7.18. The van der Waals surface area contributed by atoms with Crippen LogP contribution in [0, 0.1) is 0 Å². The van der Waals surface area contributed by atoms with Gasteiger partial charge in [0.1, 0.15) is 5.69 Å². The number of hydrogen-bond acceptors (Lipinski definition) is 4. The second-order valence-electron chi connectivity index (χ2n) is 3.34. The Labute approximate surface area is 92.6 Å². The van der Waals surface area contributed by atoms with Gasteiger partial charge in [0.05, 0.1) is 5.69 Å². The SMILES string of the molecule is CCn1nc(-c2ccncc2)cc(N)c1=O. The molecule has 5 heteroatoms. The van der Waals surface area contributed by atoms with E-state index in [9.17, 15) is 4.79 Å².